The van der Waals surface area contributed by atoms with Crippen LogP contribution in [0, 0.1) is 0 Å². The molecule has 0 saturated carbocycles. The number of nitrogens with zero attached hydrogens (tertiary/aromatic N) is 3. The number of carboxylic acid groups (broad SMARTS) is 1. The Hall–Kier alpha value is -1.91. The first kappa shape index (κ1) is 10.6. The van der Waals surface area contributed by atoms with Crippen LogP contribution in [0.4, 0.5) is 0 Å². The summed E-state index contributed by atoms with van der Waals surface area (Å²) in [5.41, 5.74) is 0.427. The summed E-state index contributed by atoms with van der Waals surface area (Å²) in [4.78, 5) is 19.6. The van der Waals surface area contributed by atoms with Crippen molar-refractivity contribution in [1.29, 1.82) is 0 Å². The average molecular weight is 219 g/mol. The molecule has 2 heterocycles. The molecule has 0 bridgehead atoms. The van der Waals surface area contributed by atoms with Gasteiger partial charge >= 0.3 is 5.97 Å². The van der Waals surface area contributed by atoms with E-state index in [1.807, 2.05) is 20.8 Å². The number of carboxylic acids is 1. The highest BCUT2D eigenvalue weighted by Gasteiger charge is 2.27. The molecule has 0 aliphatic heterocycles. The lowest BCUT2D eigenvalue weighted by atomic mass is 9.91. The van der Waals surface area contributed by atoms with E-state index in [0.29, 0.717) is 11.5 Å². The molecule has 0 aliphatic carbocycles. The minimum absolute atomic E-state index is 0.190. The van der Waals surface area contributed by atoms with Gasteiger partial charge in [0.2, 0.25) is 5.78 Å². The molecular weight excluding hydrogens is 206 g/mol. The Morgan fingerprint density at radius 3 is 2.69 bits per heavy atom. The third-order valence-electron chi connectivity index (χ3n) is 2.32. The molecule has 0 atom stereocenters. The van der Waals surface area contributed by atoms with Gasteiger partial charge in [-0.15, -0.1) is 0 Å². The van der Waals surface area contributed by atoms with E-state index in [9.17, 15) is 9.90 Å². The van der Waals surface area contributed by atoms with Crippen LogP contribution in [0.15, 0.2) is 18.5 Å². The second-order valence-corrected chi connectivity index (χ2v) is 4.65. The minimum atomic E-state index is -0.981. The highest BCUT2D eigenvalue weighted by atomic mass is 16.4. The largest absolute Gasteiger partial charge is 0.477 e. The number of carbonyl (C=O) groups is 1. The summed E-state index contributed by atoms with van der Waals surface area (Å²) < 4.78 is 1.50. The van der Waals surface area contributed by atoms with Crippen LogP contribution >= 0.6 is 0 Å². The third-order valence-corrected chi connectivity index (χ3v) is 2.32. The smallest absolute Gasteiger partial charge is 0.354 e. The van der Waals surface area contributed by atoms with Crippen LogP contribution in [0.25, 0.3) is 5.78 Å². The van der Waals surface area contributed by atoms with Gasteiger partial charge in [0, 0.05) is 17.8 Å². The molecule has 16 heavy (non-hydrogen) atoms. The molecule has 0 saturated heterocycles. The number of aromatic nitrogens is 3. The van der Waals surface area contributed by atoms with Crippen molar-refractivity contribution in [2.24, 2.45) is 0 Å². The predicted octanol–water partition coefficient (Wildman–Crippen LogP) is 1.73. The Morgan fingerprint density at radius 1 is 1.44 bits per heavy atom. The molecule has 0 radical (unpaired) electrons. The number of hydrogen-bond acceptors (Lipinski definition) is 3. The lowest BCUT2D eigenvalue weighted by molar-refractivity contribution is 0.0686. The Bertz CT molecular complexity index is 552. The van der Waals surface area contributed by atoms with Crippen LogP contribution in [0.2, 0.25) is 0 Å². The summed E-state index contributed by atoms with van der Waals surface area (Å²) in [6.45, 7) is 5.80. The lowest BCUT2D eigenvalue weighted by Gasteiger charge is -2.15. The molecular formula is C11H13N3O2. The van der Waals surface area contributed by atoms with E-state index < -0.39 is 5.97 Å². The molecule has 0 spiro atoms. The summed E-state index contributed by atoms with van der Waals surface area (Å²) in [7, 11) is 0. The van der Waals surface area contributed by atoms with Gasteiger partial charge in [0.15, 0.2) is 5.69 Å². The fourth-order valence-corrected chi connectivity index (χ4v) is 1.61. The Kier molecular flexibility index (Phi) is 2.18. The molecule has 1 N–H and O–H groups in total. The van der Waals surface area contributed by atoms with Crippen molar-refractivity contribution in [2.45, 2.75) is 26.2 Å². The quantitative estimate of drug-likeness (QED) is 0.793. The predicted molar refractivity (Wildman–Crippen MR) is 58.6 cm³/mol. The first-order valence-electron chi connectivity index (χ1n) is 4.98. The van der Waals surface area contributed by atoms with Crippen LogP contribution < -0.4 is 0 Å². The normalized spacial score (nSPS) is 11.9. The van der Waals surface area contributed by atoms with Crippen LogP contribution in [0.5, 0.6) is 0 Å². The Balaban J connectivity index is 2.84. The zero-order valence-electron chi connectivity index (χ0n) is 9.43. The van der Waals surface area contributed by atoms with Crippen molar-refractivity contribution in [2.75, 3.05) is 0 Å². The number of fused-ring (bicyclic) bond motifs is 1. The maximum Gasteiger partial charge on any atom is 0.354 e. The van der Waals surface area contributed by atoms with Crippen molar-refractivity contribution >= 4 is 11.7 Å². The van der Waals surface area contributed by atoms with Crippen molar-refractivity contribution < 1.29 is 9.90 Å². The molecule has 0 fully saturated rings. The third kappa shape index (κ3) is 1.54. The van der Waals surface area contributed by atoms with Gasteiger partial charge in [0.05, 0.1) is 5.69 Å². The summed E-state index contributed by atoms with van der Waals surface area (Å²) >= 11 is 0. The fourth-order valence-electron chi connectivity index (χ4n) is 1.61. The average Bonchev–Trinajstić information content (AvgIpc) is 2.55. The van der Waals surface area contributed by atoms with E-state index in [4.69, 9.17) is 0 Å². The molecule has 5 heteroatoms. The fraction of sp³-hybridized carbons (Fsp3) is 0.364. The van der Waals surface area contributed by atoms with Gasteiger partial charge in [0.25, 0.3) is 0 Å². The van der Waals surface area contributed by atoms with Crippen LogP contribution in [0.1, 0.15) is 37.0 Å². The lowest BCUT2D eigenvalue weighted by Crippen LogP contribution is -2.17. The standard InChI is InChI=1S/C11H13N3O2/c1-11(2,3)8-7(9(15)16)14-6-4-5-12-10(14)13-8/h4-6H,1-3H3,(H,15,16). The number of aromatic carboxylic acids is 1. The molecule has 2 aromatic rings. The molecule has 84 valence electrons. The molecule has 2 aromatic heterocycles. The maximum atomic E-state index is 11.3. The topological polar surface area (TPSA) is 67.5 Å². The van der Waals surface area contributed by atoms with Gasteiger partial charge in [-0.3, -0.25) is 4.40 Å². The molecule has 0 unspecified atom stereocenters. The zero-order chi connectivity index (χ0) is 11.9. The first-order valence-corrected chi connectivity index (χ1v) is 4.98. The molecule has 0 amide bonds. The van der Waals surface area contributed by atoms with Crippen molar-refractivity contribution in [3.05, 3.63) is 29.8 Å². The molecule has 0 aliphatic rings. The Morgan fingerprint density at radius 2 is 2.12 bits per heavy atom. The van der Waals surface area contributed by atoms with E-state index >= 15 is 0 Å². The summed E-state index contributed by atoms with van der Waals surface area (Å²) in [5.74, 6) is -0.560. The van der Waals surface area contributed by atoms with Gasteiger partial charge in [-0.05, 0) is 6.07 Å². The molecule has 0 aromatic carbocycles. The number of imidazole rings is 1. The van der Waals surface area contributed by atoms with Gasteiger partial charge in [-0.25, -0.2) is 14.8 Å². The van der Waals surface area contributed by atoms with Gasteiger partial charge in [0.1, 0.15) is 0 Å². The number of hydrogen-bond donors (Lipinski definition) is 1. The second kappa shape index (κ2) is 3.30. The van der Waals surface area contributed by atoms with Gasteiger partial charge in [-0.1, -0.05) is 20.8 Å². The highest BCUT2D eigenvalue weighted by Crippen LogP contribution is 2.25. The van der Waals surface area contributed by atoms with E-state index in [-0.39, 0.29) is 11.1 Å². The maximum absolute atomic E-state index is 11.3. The van der Waals surface area contributed by atoms with E-state index in [1.165, 1.54) is 4.40 Å². The SMILES string of the molecule is CC(C)(C)c1nc2ncccn2c1C(=O)O. The van der Waals surface area contributed by atoms with E-state index in [2.05, 4.69) is 9.97 Å². The monoisotopic (exact) mass is 219 g/mol. The van der Waals surface area contributed by atoms with Crippen LogP contribution in [-0.2, 0) is 5.41 Å². The van der Waals surface area contributed by atoms with Crippen LogP contribution in [-0.4, -0.2) is 25.4 Å². The summed E-state index contributed by atoms with van der Waals surface area (Å²) in [5, 5.41) is 9.23. The van der Waals surface area contributed by atoms with Gasteiger partial charge < -0.3 is 5.11 Å². The summed E-state index contributed by atoms with van der Waals surface area (Å²) in [6, 6.07) is 1.69. The van der Waals surface area contributed by atoms with Crippen molar-refractivity contribution in [1.82, 2.24) is 14.4 Å². The minimum Gasteiger partial charge on any atom is -0.477 e. The van der Waals surface area contributed by atoms with Crippen molar-refractivity contribution in [3.63, 3.8) is 0 Å². The van der Waals surface area contributed by atoms with Gasteiger partial charge in [-0.2, -0.15) is 0 Å². The molecule has 2 rings (SSSR count). The highest BCUT2D eigenvalue weighted by molar-refractivity contribution is 5.88. The number of rotatable bonds is 1. The first-order chi connectivity index (χ1) is 7.41. The van der Waals surface area contributed by atoms with E-state index in [1.54, 1.807) is 18.5 Å². The second-order valence-electron chi connectivity index (χ2n) is 4.65. The van der Waals surface area contributed by atoms with Crippen molar-refractivity contribution in [3.8, 4) is 0 Å². The molecule has 5 nitrogen and oxygen atoms in total. The zero-order valence-corrected chi connectivity index (χ0v) is 9.43. The van der Waals surface area contributed by atoms with E-state index in [0.717, 1.165) is 0 Å². The Labute approximate surface area is 92.8 Å². The summed E-state index contributed by atoms with van der Waals surface area (Å²) in [6.07, 6.45) is 3.26. The van der Waals surface area contributed by atoms with Crippen LogP contribution in [0.3, 0.4) is 0 Å².